The van der Waals surface area contributed by atoms with Crippen molar-refractivity contribution in [2.75, 3.05) is 26.3 Å². The number of ether oxygens (including phenoxy) is 1. The fraction of sp³-hybridized carbons (Fsp3) is 0.889. The first-order chi connectivity index (χ1) is 6.74. The van der Waals surface area contributed by atoms with Gasteiger partial charge in [0.05, 0.1) is 19.3 Å². The molecule has 1 rings (SSSR count). The highest BCUT2D eigenvalue weighted by Crippen LogP contribution is 1.96. The second-order valence-electron chi connectivity index (χ2n) is 3.47. The average Bonchev–Trinajstić information content (AvgIpc) is 2.19. The van der Waals surface area contributed by atoms with Crippen LogP contribution in [0, 0.1) is 0 Å². The fourth-order valence-corrected chi connectivity index (χ4v) is 1.36. The minimum atomic E-state index is -0.386. The van der Waals surface area contributed by atoms with Gasteiger partial charge in [0.1, 0.15) is 0 Å². The maximum Gasteiger partial charge on any atom is 0.251 e. The van der Waals surface area contributed by atoms with Crippen molar-refractivity contribution in [1.29, 1.82) is 0 Å². The lowest BCUT2D eigenvalue weighted by molar-refractivity contribution is -0.129. The normalized spacial score (nSPS) is 20.4. The summed E-state index contributed by atoms with van der Waals surface area (Å²) in [6.07, 6.45) is 1.66. The molecular formula is C9H19N3O2. The lowest BCUT2D eigenvalue weighted by Gasteiger charge is -2.28. The molecule has 0 spiro atoms. The highest BCUT2D eigenvalue weighted by Gasteiger charge is 2.17. The third-order valence-electron chi connectivity index (χ3n) is 2.22. The van der Waals surface area contributed by atoms with Gasteiger partial charge in [-0.3, -0.25) is 10.2 Å². The van der Waals surface area contributed by atoms with Gasteiger partial charge >= 0.3 is 0 Å². The molecule has 0 aromatic carbocycles. The molecular weight excluding hydrogens is 182 g/mol. The van der Waals surface area contributed by atoms with Crippen LogP contribution in [0.4, 0.5) is 0 Å². The van der Waals surface area contributed by atoms with E-state index >= 15 is 0 Å². The van der Waals surface area contributed by atoms with Crippen LogP contribution in [-0.2, 0) is 9.53 Å². The number of morpholine rings is 1. The second kappa shape index (κ2) is 5.95. The maximum atomic E-state index is 11.5. The van der Waals surface area contributed by atoms with Gasteiger partial charge in [-0.1, -0.05) is 13.3 Å². The van der Waals surface area contributed by atoms with Crippen LogP contribution in [0.25, 0.3) is 0 Å². The van der Waals surface area contributed by atoms with Crippen LogP contribution in [0.15, 0.2) is 0 Å². The van der Waals surface area contributed by atoms with Crippen molar-refractivity contribution in [3.05, 3.63) is 0 Å². The van der Waals surface area contributed by atoms with Crippen LogP contribution >= 0.6 is 0 Å². The largest absolute Gasteiger partial charge is 0.379 e. The number of nitrogens with zero attached hydrogens (tertiary/aromatic N) is 1. The van der Waals surface area contributed by atoms with Gasteiger partial charge in [-0.2, -0.15) is 0 Å². The van der Waals surface area contributed by atoms with E-state index in [0.29, 0.717) is 13.2 Å². The lowest BCUT2D eigenvalue weighted by Crippen LogP contribution is -2.53. The van der Waals surface area contributed by atoms with Gasteiger partial charge in [0.15, 0.2) is 0 Å². The minimum absolute atomic E-state index is 0.0891. The third-order valence-corrected chi connectivity index (χ3v) is 2.22. The lowest BCUT2D eigenvalue weighted by atomic mass is 10.2. The molecule has 1 aliphatic heterocycles. The Kier molecular flexibility index (Phi) is 4.86. The van der Waals surface area contributed by atoms with Crippen LogP contribution < -0.4 is 11.2 Å². The predicted molar refractivity (Wildman–Crippen MR) is 53.4 cm³/mol. The number of carbonyl (C=O) groups is 1. The quantitative estimate of drug-likeness (QED) is 0.642. The van der Waals surface area contributed by atoms with Crippen LogP contribution in [-0.4, -0.2) is 43.3 Å². The molecule has 0 saturated carbocycles. The van der Waals surface area contributed by atoms with E-state index < -0.39 is 0 Å². The van der Waals surface area contributed by atoms with Gasteiger partial charge in [0.25, 0.3) is 5.91 Å². The van der Waals surface area contributed by atoms with E-state index in [-0.39, 0.29) is 11.9 Å². The van der Waals surface area contributed by atoms with Crippen LogP contribution in [0.2, 0.25) is 0 Å². The molecule has 1 aliphatic rings. The SMILES string of the molecule is CCCC(N)C(=O)NN1CCOCC1. The molecule has 1 unspecified atom stereocenters. The number of nitrogens with two attached hydrogens (primary N) is 1. The summed E-state index contributed by atoms with van der Waals surface area (Å²) in [5.74, 6) is -0.0891. The van der Waals surface area contributed by atoms with Crippen molar-refractivity contribution in [3.63, 3.8) is 0 Å². The van der Waals surface area contributed by atoms with Crippen molar-refractivity contribution >= 4 is 5.91 Å². The van der Waals surface area contributed by atoms with Gasteiger partial charge in [-0.05, 0) is 6.42 Å². The summed E-state index contributed by atoms with van der Waals surface area (Å²) in [7, 11) is 0. The molecule has 0 bridgehead atoms. The first-order valence-electron chi connectivity index (χ1n) is 5.12. The van der Waals surface area contributed by atoms with Crippen LogP contribution in [0.5, 0.6) is 0 Å². The first kappa shape index (κ1) is 11.4. The molecule has 0 aromatic rings. The van der Waals surface area contributed by atoms with E-state index in [1.54, 1.807) is 0 Å². The molecule has 5 nitrogen and oxygen atoms in total. The molecule has 1 atom stereocenters. The molecule has 0 radical (unpaired) electrons. The van der Waals surface area contributed by atoms with Gasteiger partial charge in [-0.25, -0.2) is 5.01 Å². The van der Waals surface area contributed by atoms with Crippen molar-refractivity contribution in [2.45, 2.75) is 25.8 Å². The third kappa shape index (κ3) is 3.61. The number of hydrogen-bond donors (Lipinski definition) is 2. The fourth-order valence-electron chi connectivity index (χ4n) is 1.36. The Hall–Kier alpha value is -0.650. The molecule has 0 aliphatic carbocycles. The Balaban J connectivity index is 2.24. The number of hydrazine groups is 1. The molecule has 1 saturated heterocycles. The molecule has 82 valence electrons. The maximum absolute atomic E-state index is 11.5. The smallest absolute Gasteiger partial charge is 0.251 e. The van der Waals surface area contributed by atoms with Gasteiger partial charge in [0.2, 0.25) is 0 Å². The number of hydrogen-bond acceptors (Lipinski definition) is 4. The van der Waals surface area contributed by atoms with Crippen molar-refractivity contribution in [2.24, 2.45) is 5.73 Å². The predicted octanol–water partition coefficient (Wildman–Crippen LogP) is -0.523. The Labute approximate surface area is 84.5 Å². The molecule has 3 N–H and O–H groups in total. The van der Waals surface area contributed by atoms with Gasteiger partial charge < -0.3 is 10.5 Å². The Morgan fingerprint density at radius 2 is 2.21 bits per heavy atom. The Bertz CT molecular complexity index is 181. The van der Waals surface area contributed by atoms with E-state index in [0.717, 1.165) is 25.9 Å². The average molecular weight is 201 g/mol. The highest BCUT2D eigenvalue weighted by atomic mass is 16.5. The van der Waals surface area contributed by atoms with Crippen LogP contribution in [0.3, 0.4) is 0 Å². The topological polar surface area (TPSA) is 67.6 Å². The standard InChI is InChI=1S/C9H19N3O2/c1-2-3-8(10)9(13)11-12-4-6-14-7-5-12/h8H,2-7,10H2,1H3,(H,11,13). The summed E-state index contributed by atoms with van der Waals surface area (Å²) in [6.45, 7) is 4.84. The van der Waals surface area contributed by atoms with E-state index in [9.17, 15) is 4.79 Å². The molecule has 1 fully saturated rings. The highest BCUT2D eigenvalue weighted by molar-refractivity contribution is 5.80. The summed E-state index contributed by atoms with van der Waals surface area (Å²) in [4.78, 5) is 11.5. The van der Waals surface area contributed by atoms with E-state index in [2.05, 4.69) is 5.43 Å². The second-order valence-corrected chi connectivity index (χ2v) is 3.47. The summed E-state index contributed by atoms with van der Waals surface area (Å²) < 4.78 is 5.17. The summed E-state index contributed by atoms with van der Waals surface area (Å²) in [5, 5.41) is 1.86. The molecule has 1 heterocycles. The zero-order chi connectivity index (χ0) is 10.4. The summed E-state index contributed by atoms with van der Waals surface area (Å²) in [5.41, 5.74) is 8.47. The summed E-state index contributed by atoms with van der Waals surface area (Å²) >= 11 is 0. The zero-order valence-electron chi connectivity index (χ0n) is 8.66. The van der Waals surface area contributed by atoms with Gasteiger partial charge in [-0.15, -0.1) is 0 Å². The monoisotopic (exact) mass is 201 g/mol. The molecule has 0 aromatic heterocycles. The van der Waals surface area contributed by atoms with Crippen molar-refractivity contribution in [1.82, 2.24) is 10.4 Å². The Morgan fingerprint density at radius 1 is 1.57 bits per heavy atom. The van der Waals surface area contributed by atoms with Gasteiger partial charge in [0, 0.05) is 13.1 Å². The number of nitrogens with one attached hydrogen (secondary N) is 1. The van der Waals surface area contributed by atoms with E-state index in [1.807, 2.05) is 11.9 Å². The van der Waals surface area contributed by atoms with Crippen molar-refractivity contribution < 1.29 is 9.53 Å². The number of amides is 1. The first-order valence-corrected chi connectivity index (χ1v) is 5.12. The van der Waals surface area contributed by atoms with E-state index in [1.165, 1.54) is 0 Å². The zero-order valence-corrected chi connectivity index (χ0v) is 8.66. The Morgan fingerprint density at radius 3 is 2.79 bits per heavy atom. The number of carbonyl (C=O) groups excluding carboxylic acids is 1. The summed E-state index contributed by atoms with van der Waals surface area (Å²) in [6, 6.07) is -0.386. The number of rotatable bonds is 4. The molecule has 1 amide bonds. The van der Waals surface area contributed by atoms with Crippen molar-refractivity contribution in [3.8, 4) is 0 Å². The molecule has 14 heavy (non-hydrogen) atoms. The minimum Gasteiger partial charge on any atom is -0.379 e. The molecule has 5 heteroatoms. The van der Waals surface area contributed by atoms with Crippen LogP contribution in [0.1, 0.15) is 19.8 Å². The van der Waals surface area contributed by atoms with E-state index in [4.69, 9.17) is 10.5 Å².